The van der Waals surface area contributed by atoms with E-state index in [4.69, 9.17) is 16.3 Å². The molecule has 0 saturated heterocycles. The fourth-order valence-corrected chi connectivity index (χ4v) is 3.33. The van der Waals surface area contributed by atoms with Gasteiger partial charge in [-0.05, 0) is 36.5 Å². The lowest BCUT2D eigenvalue weighted by Gasteiger charge is -2.32. The van der Waals surface area contributed by atoms with Gasteiger partial charge in [0.15, 0.2) is 0 Å². The summed E-state index contributed by atoms with van der Waals surface area (Å²) >= 11 is 9.60. The lowest BCUT2D eigenvalue weighted by molar-refractivity contribution is -0.0468. The molecule has 1 fully saturated rings. The van der Waals surface area contributed by atoms with E-state index in [1.807, 2.05) is 18.2 Å². The lowest BCUT2D eigenvalue weighted by Crippen LogP contribution is -2.27. The van der Waals surface area contributed by atoms with Gasteiger partial charge in [-0.15, -0.1) is 0 Å². The number of alkyl halides is 1. The molecule has 18 heavy (non-hydrogen) atoms. The highest BCUT2D eigenvalue weighted by Gasteiger charge is 2.25. The summed E-state index contributed by atoms with van der Waals surface area (Å²) in [6.07, 6.45) is 5.60. The maximum atomic E-state index is 6.29. The van der Waals surface area contributed by atoms with Gasteiger partial charge in [0.1, 0.15) is 0 Å². The molecule has 2 rings (SSSR count). The van der Waals surface area contributed by atoms with Crippen LogP contribution in [-0.2, 0) is 4.74 Å². The molecule has 0 N–H and O–H groups in total. The van der Waals surface area contributed by atoms with Gasteiger partial charge in [-0.2, -0.15) is 0 Å². The van der Waals surface area contributed by atoms with Crippen molar-refractivity contribution < 1.29 is 4.74 Å². The zero-order valence-corrected chi connectivity index (χ0v) is 13.1. The molecule has 0 amide bonds. The molecule has 0 aromatic heterocycles. The SMILES string of the molecule is CC1CCCCC1OC(CBr)c1cccc(Cl)c1. The highest BCUT2D eigenvalue weighted by molar-refractivity contribution is 9.09. The molecule has 3 atom stereocenters. The van der Waals surface area contributed by atoms with E-state index in [0.29, 0.717) is 12.0 Å². The summed E-state index contributed by atoms with van der Waals surface area (Å²) in [4.78, 5) is 0. The van der Waals surface area contributed by atoms with Crippen molar-refractivity contribution >= 4 is 27.5 Å². The van der Waals surface area contributed by atoms with Gasteiger partial charge in [-0.3, -0.25) is 0 Å². The number of benzene rings is 1. The first-order valence-corrected chi connectivity index (χ1v) is 8.17. The first-order valence-electron chi connectivity index (χ1n) is 6.67. The predicted octanol–water partition coefficient (Wildman–Crippen LogP) is 5.37. The van der Waals surface area contributed by atoms with E-state index < -0.39 is 0 Å². The molecule has 3 heteroatoms. The molecule has 1 saturated carbocycles. The highest BCUT2D eigenvalue weighted by Crippen LogP contribution is 2.32. The van der Waals surface area contributed by atoms with Crippen LogP contribution in [0.5, 0.6) is 0 Å². The van der Waals surface area contributed by atoms with Gasteiger partial charge in [-0.1, -0.05) is 59.4 Å². The standard InChI is InChI=1S/C15H20BrClO/c1-11-5-2-3-8-14(11)18-15(10-16)12-6-4-7-13(17)9-12/h4,6-7,9,11,14-15H,2-3,5,8,10H2,1H3. The van der Waals surface area contributed by atoms with Crippen LogP contribution in [0.25, 0.3) is 0 Å². The summed E-state index contributed by atoms with van der Waals surface area (Å²) < 4.78 is 6.29. The maximum absolute atomic E-state index is 6.29. The van der Waals surface area contributed by atoms with E-state index in [9.17, 15) is 0 Å². The molecule has 0 heterocycles. The van der Waals surface area contributed by atoms with Gasteiger partial charge in [0.25, 0.3) is 0 Å². The average molecular weight is 332 g/mol. The molecule has 0 spiro atoms. The lowest BCUT2D eigenvalue weighted by atomic mass is 9.88. The fourth-order valence-electron chi connectivity index (χ4n) is 2.61. The molecular weight excluding hydrogens is 312 g/mol. The minimum absolute atomic E-state index is 0.106. The van der Waals surface area contributed by atoms with Crippen LogP contribution in [0.4, 0.5) is 0 Å². The zero-order chi connectivity index (χ0) is 13.0. The Morgan fingerprint density at radius 3 is 2.83 bits per heavy atom. The molecule has 0 radical (unpaired) electrons. The van der Waals surface area contributed by atoms with Crippen molar-refractivity contribution in [1.29, 1.82) is 0 Å². The normalized spacial score (nSPS) is 25.9. The molecule has 1 aliphatic carbocycles. The van der Waals surface area contributed by atoms with E-state index in [2.05, 4.69) is 28.9 Å². The first kappa shape index (κ1) is 14.4. The summed E-state index contributed by atoms with van der Waals surface area (Å²) in [7, 11) is 0. The molecular formula is C15H20BrClO. The number of hydrogen-bond acceptors (Lipinski definition) is 1. The zero-order valence-electron chi connectivity index (χ0n) is 10.7. The Balaban J connectivity index is 2.04. The van der Waals surface area contributed by atoms with E-state index in [-0.39, 0.29) is 6.10 Å². The summed E-state index contributed by atoms with van der Waals surface area (Å²) in [6, 6.07) is 7.98. The van der Waals surface area contributed by atoms with Gasteiger partial charge in [0.2, 0.25) is 0 Å². The van der Waals surface area contributed by atoms with Crippen LogP contribution >= 0.6 is 27.5 Å². The maximum Gasteiger partial charge on any atom is 0.0926 e. The summed E-state index contributed by atoms with van der Waals surface area (Å²) in [5.74, 6) is 0.666. The van der Waals surface area contributed by atoms with E-state index in [0.717, 1.165) is 15.9 Å². The Bertz CT molecular complexity index is 383. The topological polar surface area (TPSA) is 9.23 Å². The Labute approximate surface area is 123 Å². The van der Waals surface area contributed by atoms with Crippen molar-refractivity contribution in [3.05, 3.63) is 34.9 Å². The fraction of sp³-hybridized carbons (Fsp3) is 0.600. The third-order valence-electron chi connectivity index (χ3n) is 3.73. The summed E-state index contributed by atoms with van der Waals surface area (Å²) in [5, 5.41) is 1.59. The van der Waals surface area contributed by atoms with Gasteiger partial charge in [0.05, 0.1) is 12.2 Å². The molecule has 0 aliphatic heterocycles. The highest BCUT2D eigenvalue weighted by atomic mass is 79.9. The van der Waals surface area contributed by atoms with Gasteiger partial charge in [0, 0.05) is 10.4 Å². The molecule has 100 valence electrons. The van der Waals surface area contributed by atoms with Crippen LogP contribution < -0.4 is 0 Å². The molecule has 3 unspecified atom stereocenters. The van der Waals surface area contributed by atoms with Crippen molar-refractivity contribution in [1.82, 2.24) is 0 Å². The van der Waals surface area contributed by atoms with Crippen LogP contribution in [0.15, 0.2) is 24.3 Å². The molecule has 1 aromatic rings. The quantitative estimate of drug-likeness (QED) is 0.674. The number of rotatable bonds is 4. The number of halogens is 2. The predicted molar refractivity (Wildman–Crippen MR) is 80.5 cm³/mol. The summed E-state index contributed by atoms with van der Waals surface area (Å²) in [6.45, 7) is 2.30. The second kappa shape index (κ2) is 6.93. The van der Waals surface area contributed by atoms with Gasteiger partial charge >= 0.3 is 0 Å². The number of hydrogen-bond donors (Lipinski definition) is 0. The first-order chi connectivity index (χ1) is 8.70. The minimum Gasteiger partial charge on any atom is -0.369 e. The van der Waals surface area contributed by atoms with Crippen LogP contribution in [0.2, 0.25) is 5.02 Å². The summed E-state index contributed by atoms with van der Waals surface area (Å²) in [5.41, 5.74) is 1.16. The van der Waals surface area contributed by atoms with Crippen molar-refractivity contribution in [2.75, 3.05) is 5.33 Å². The van der Waals surface area contributed by atoms with Crippen LogP contribution in [0, 0.1) is 5.92 Å². The van der Waals surface area contributed by atoms with Gasteiger partial charge < -0.3 is 4.74 Å². The van der Waals surface area contributed by atoms with Crippen LogP contribution in [0.3, 0.4) is 0 Å². The van der Waals surface area contributed by atoms with Crippen molar-refractivity contribution in [2.24, 2.45) is 5.92 Å². The number of ether oxygens (including phenoxy) is 1. The van der Waals surface area contributed by atoms with E-state index in [1.165, 1.54) is 25.7 Å². The van der Waals surface area contributed by atoms with Crippen molar-refractivity contribution in [3.8, 4) is 0 Å². The van der Waals surface area contributed by atoms with Crippen molar-refractivity contribution in [3.63, 3.8) is 0 Å². The second-order valence-electron chi connectivity index (χ2n) is 5.13. The second-order valence-corrected chi connectivity index (χ2v) is 6.22. The largest absolute Gasteiger partial charge is 0.369 e. The average Bonchev–Trinajstić information content (AvgIpc) is 2.38. The third-order valence-corrected chi connectivity index (χ3v) is 4.56. The van der Waals surface area contributed by atoms with Crippen LogP contribution in [0.1, 0.15) is 44.3 Å². The molecule has 0 bridgehead atoms. The Kier molecular flexibility index (Phi) is 5.53. The molecule has 1 aromatic carbocycles. The third kappa shape index (κ3) is 3.72. The Morgan fingerprint density at radius 2 is 2.17 bits per heavy atom. The Morgan fingerprint density at radius 1 is 1.39 bits per heavy atom. The molecule has 1 nitrogen and oxygen atoms in total. The minimum atomic E-state index is 0.106. The monoisotopic (exact) mass is 330 g/mol. The van der Waals surface area contributed by atoms with Crippen molar-refractivity contribution in [2.45, 2.75) is 44.8 Å². The smallest absolute Gasteiger partial charge is 0.0926 e. The van der Waals surface area contributed by atoms with E-state index in [1.54, 1.807) is 0 Å². The molecule has 1 aliphatic rings. The van der Waals surface area contributed by atoms with Gasteiger partial charge in [-0.25, -0.2) is 0 Å². The van der Waals surface area contributed by atoms with Crippen LogP contribution in [-0.4, -0.2) is 11.4 Å². The van der Waals surface area contributed by atoms with E-state index >= 15 is 0 Å². The Hall–Kier alpha value is -0.0500.